The number of nitrogens with zero attached hydrogens (tertiary/aromatic N) is 2. The summed E-state index contributed by atoms with van der Waals surface area (Å²) < 4.78 is -0.873. The summed E-state index contributed by atoms with van der Waals surface area (Å²) in [5.74, 6) is 0.470. The molecule has 2 aromatic carbocycles. The number of benzene rings is 2. The standard InChI is InChI=1S/C26H29Cl3N2O/c27-21-7-5-18(6-8-21)19-9-13-30(14-10-19)15-12-24-22-4-2-1-3-20(22)11-16-31(24)25(32)23-17-26(23,28)29/h1-8,19,23-24H,9-17H2. The van der Waals surface area contributed by atoms with Crippen molar-refractivity contribution in [2.75, 3.05) is 26.2 Å². The zero-order chi connectivity index (χ0) is 22.3. The summed E-state index contributed by atoms with van der Waals surface area (Å²) in [5.41, 5.74) is 4.04. The van der Waals surface area contributed by atoms with Crippen LogP contribution in [0, 0.1) is 5.92 Å². The highest BCUT2D eigenvalue weighted by Crippen LogP contribution is 2.54. The van der Waals surface area contributed by atoms with Crippen molar-refractivity contribution in [3.63, 3.8) is 0 Å². The fraction of sp³-hybridized carbons (Fsp3) is 0.500. The third-order valence-electron chi connectivity index (χ3n) is 7.47. The van der Waals surface area contributed by atoms with E-state index in [0.717, 1.165) is 56.9 Å². The van der Waals surface area contributed by atoms with Gasteiger partial charge in [0, 0.05) is 18.1 Å². The summed E-state index contributed by atoms with van der Waals surface area (Å²) in [4.78, 5) is 17.8. The smallest absolute Gasteiger partial charge is 0.229 e. The molecule has 0 spiro atoms. The first-order valence-corrected chi connectivity index (χ1v) is 12.8. The molecule has 0 N–H and O–H groups in total. The number of fused-ring (bicyclic) bond motifs is 1. The van der Waals surface area contributed by atoms with Crippen LogP contribution in [0.1, 0.15) is 54.3 Å². The highest BCUT2D eigenvalue weighted by molar-refractivity contribution is 6.52. The van der Waals surface area contributed by atoms with Gasteiger partial charge in [-0.3, -0.25) is 4.79 Å². The molecule has 0 bridgehead atoms. The SMILES string of the molecule is O=C(C1CC1(Cl)Cl)N1CCc2ccccc2C1CCN1CCC(c2ccc(Cl)cc2)CC1. The van der Waals surface area contributed by atoms with Gasteiger partial charge in [-0.1, -0.05) is 48.0 Å². The Morgan fingerprint density at radius 1 is 1.00 bits per heavy atom. The Kier molecular flexibility index (Phi) is 6.46. The maximum absolute atomic E-state index is 13.2. The maximum atomic E-state index is 13.2. The largest absolute Gasteiger partial charge is 0.335 e. The molecule has 2 aromatic rings. The number of carbonyl (C=O) groups excluding carboxylic acids is 1. The number of amides is 1. The molecule has 6 heteroatoms. The molecule has 2 aliphatic heterocycles. The molecule has 0 aromatic heterocycles. The highest BCUT2D eigenvalue weighted by atomic mass is 35.5. The van der Waals surface area contributed by atoms with Crippen molar-refractivity contribution in [3.8, 4) is 0 Å². The fourth-order valence-electron chi connectivity index (χ4n) is 5.44. The normalized spacial score (nSPS) is 25.4. The second-order valence-electron chi connectivity index (χ2n) is 9.47. The first kappa shape index (κ1) is 22.5. The van der Waals surface area contributed by atoms with E-state index in [1.54, 1.807) is 0 Å². The number of likely N-dealkylation sites (tertiary alicyclic amines) is 1. The number of hydrogen-bond acceptors (Lipinski definition) is 2. The lowest BCUT2D eigenvalue weighted by molar-refractivity contribution is -0.135. The van der Waals surface area contributed by atoms with Crippen molar-refractivity contribution in [2.24, 2.45) is 5.92 Å². The van der Waals surface area contributed by atoms with Gasteiger partial charge in [-0.05, 0) is 79.9 Å². The zero-order valence-electron chi connectivity index (χ0n) is 18.2. The van der Waals surface area contributed by atoms with E-state index in [1.807, 2.05) is 12.1 Å². The van der Waals surface area contributed by atoms with Crippen LogP contribution in [-0.4, -0.2) is 46.2 Å². The number of alkyl halides is 2. The Labute approximate surface area is 205 Å². The number of rotatable bonds is 5. The molecule has 1 amide bonds. The molecule has 0 radical (unpaired) electrons. The van der Waals surface area contributed by atoms with Crippen LogP contribution >= 0.6 is 34.8 Å². The van der Waals surface area contributed by atoms with Crippen molar-refractivity contribution in [1.82, 2.24) is 9.80 Å². The van der Waals surface area contributed by atoms with E-state index >= 15 is 0 Å². The lowest BCUT2D eigenvalue weighted by Gasteiger charge is -2.40. The quantitative estimate of drug-likeness (QED) is 0.463. The third-order valence-corrected chi connectivity index (χ3v) is 8.55. The second kappa shape index (κ2) is 9.18. The minimum Gasteiger partial charge on any atom is -0.335 e. The van der Waals surface area contributed by atoms with E-state index < -0.39 is 4.33 Å². The lowest BCUT2D eigenvalue weighted by Crippen LogP contribution is -2.43. The topological polar surface area (TPSA) is 23.6 Å². The van der Waals surface area contributed by atoms with Crippen molar-refractivity contribution in [1.29, 1.82) is 0 Å². The first-order valence-electron chi connectivity index (χ1n) is 11.7. The lowest BCUT2D eigenvalue weighted by atomic mass is 9.88. The van der Waals surface area contributed by atoms with Crippen molar-refractivity contribution < 1.29 is 4.79 Å². The Morgan fingerprint density at radius 2 is 1.69 bits per heavy atom. The molecule has 3 aliphatic rings. The number of halogens is 3. The van der Waals surface area contributed by atoms with Crippen LogP contribution in [0.4, 0.5) is 0 Å². The second-order valence-corrected chi connectivity index (χ2v) is 11.4. The van der Waals surface area contributed by atoms with Crippen molar-refractivity contribution in [2.45, 2.75) is 48.4 Å². The fourth-order valence-corrected chi connectivity index (χ4v) is 6.06. The van der Waals surface area contributed by atoms with Gasteiger partial charge < -0.3 is 9.80 Å². The third kappa shape index (κ3) is 4.68. The van der Waals surface area contributed by atoms with Gasteiger partial charge in [-0.2, -0.15) is 0 Å². The molecule has 3 nitrogen and oxygen atoms in total. The van der Waals surface area contributed by atoms with E-state index in [2.05, 4.69) is 46.2 Å². The highest BCUT2D eigenvalue weighted by Gasteiger charge is 2.58. The Hall–Kier alpha value is -1.26. The van der Waals surface area contributed by atoms with Crippen LogP contribution in [0.5, 0.6) is 0 Å². The summed E-state index contributed by atoms with van der Waals surface area (Å²) in [5, 5.41) is 0.796. The average molecular weight is 492 g/mol. The molecule has 32 heavy (non-hydrogen) atoms. The predicted octanol–water partition coefficient (Wildman–Crippen LogP) is 6.23. The van der Waals surface area contributed by atoms with Crippen LogP contribution in [0.2, 0.25) is 5.02 Å². The average Bonchev–Trinajstić information content (AvgIpc) is 3.46. The molecule has 170 valence electrons. The van der Waals surface area contributed by atoms with Gasteiger partial charge in [-0.15, -0.1) is 23.2 Å². The number of hydrogen-bond donors (Lipinski definition) is 0. The molecule has 1 saturated carbocycles. The van der Waals surface area contributed by atoms with Gasteiger partial charge in [0.05, 0.1) is 12.0 Å². The van der Waals surface area contributed by atoms with Gasteiger partial charge in [0.15, 0.2) is 0 Å². The first-order chi connectivity index (χ1) is 15.4. The van der Waals surface area contributed by atoms with E-state index in [9.17, 15) is 4.79 Å². The van der Waals surface area contributed by atoms with E-state index in [0.29, 0.717) is 12.3 Å². The minimum atomic E-state index is -0.873. The Morgan fingerprint density at radius 3 is 2.38 bits per heavy atom. The molecular weight excluding hydrogens is 463 g/mol. The van der Waals surface area contributed by atoms with Gasteiger partial charge in [0.25, 0.3) is 0 Å². The summed E-state index contributed by atoms with van der Waals surface area (Å²) in [6, 6.07) is 17.0. The number of piperidine rings is 1. The zero-order valence-corrected chi connectivity index (χ0v) is 20.4. The maximum Gasteiger partial charge on any atom is 0.229 e. The Bertz CT molecular complexity index is 969. The molecule has 5 rings (SSSR count). The molecular formula is C26H29Cl3N2O. The van der Waals surface area contributed by atoms with Gasteiger partial charge in [0.2, 0.25) is 5.91 Å². The molecule has 2 heterocycles. The van der Waals surface area contributed by atoms with Crippen molar-refractivity contribution >= 4 is 40.7 Å². The van der Waals surface area contributed by atoms with E-state index in [1.165, 1.54) is 16.7 Å². The van der Waals surface area contributed by atoms with Crippen LogP contribution in [-0.2, 0) is 11.2 Å². The van der Waals surface area contributed by atoms with Gasteiger partial charge in [0.1, 0.15) is 4.33 Å². The Balaban J connectivity index is 1.23. The summed E-state index contributed by atoms with van der Waals surface area (Å²) in [6.07, 6.45) is 4.73. The van der Waals surface area contributed by atoms with Crippen LogP contribution in [0.3, 0.4) is 0 Å². The molecule has 2 fully saturated rings. The van der Waals surface area contributed by atoms with Gasteiger partial charge in [-0.25, -0.2) is 0 Å². The molecule has 2 atom stereocenters. The summed E-state index contributed by atoms with van der Waals surface area (Å²) >= 11 is 18.5. The van der Waals surface area contributed by atoms with Crippen molar-refractivity contribution in [3.05, 3.63) is 70.2 Å². The molecule has 1 aliphatic carbocycles. The summed E-state index contributed by atoms with van der Waals surface area (Å²) in [6.45, 7) is 3.92. The summed E-state index contributed by atoms with van der Waals surface area (Å²) in [7, 11) is 0. The number of carbonyl (C=O) groups is 1. The van der Waals surface area contributed by atoms with Crippen LogP contribution in [0.25, 0.3) is 0 Å². The molecule has 1 saturated heterocycles. The molecule has 2 unspecified atom stereocenters. The van der Waals surface area contributed by atoms with Gasteiger partial charge >= 0.3 is 0 Å². The predicted molar refractivity (Wildman–Crippen MR) is 132 cm³/mol. The monoisotopic (exact) mass is 490 g/mol. The minimum absolute atomic E-state index is 0.103. The van der Waals surface area contributed by atoms with E-state index in [-0.39, 0.29) is 17.9 Å². The van der Waals surface area contributed by atoms with Crippen LogP contribution < -0.4 is 0 Å². The van der Waals surface area contributed by atoms with E-state index in [4.69, 9.17) is 34.8 Å². The van der Waals surface area contributed by atoms with Crippen LogP contribution in [0.15, 0.2) is 48.5 Å².